The number of aromatic carboxylic acids is 1. The standard InChI is InChI=1S/C7H5Cl2NO.C7H7ClN2O.C7H5ClN2.C7H6ClNO2/c2*1-4-2-5(7(9)11)6(8)3-10-4;1-5-2-6(3-9)7(8)4-10-5;1-4-2-5(7(10)11)6(8)3-9-4/h2-3H,1H3;2-3H,1H3,(H2,9,11);2,4H,1H3;2-3H,1H3,(H,10,11). The quantitative estimate of drug-likeness (QED) is 0.211. The number of rotatable bonds is 3. The molecule has 0 aliphatic rings. The molecule has 0 aromatic carbocycles. The Balaban J connectivity index is 0.000000287. The maximum atomic E-state index is 10.7. The van der Waals surface area contributed by atoms with Crippen molar-refractivity contribution in [2.24, 2.45) is 5.73 Å². The molecular formula is C28H23Cl5N6O4. The molecule has 0 saturated carbocycles. The number of primary amides is 1. The highest BCUT2D eigenvalue weighted by molar-refractivity contribution is 6.68. The van der Waals surface area contributed by atoms with Crippen molar-refractivity contribution in [1.29, 1.82) is 5.26 Å². The Morgan fingerprint density at radius 3 is 1.33 bits per heavy atom. The van der Waals surface area contributed by atoms with Gasteiger partial charge in [-0.1, -0.05) is 46.4 Å². The number of aryl methyl sites for hydroxylation is 4. The zero-order valence-corrected chi connectivity index (χ0v) is 26.8. The molecule has 15 heteroatoms. The highest BCUT2D eigenvalue weighted by Gasteiger charge is 2.09. The molecule has 0 fully saturated rings. The van der Waals surface area contributed by atoms with E-state index in [1.807, 2.05) is 13.0 Å². The van der Waals surface area contributed by atoms with Crippen LogP contribution in [0.5, 0.6) is 0 Å². The molecule has 4 rings (SSSR count). The Hall–Kier alpha value is -3.85. The average Bonchev–Trinajstić information content (AvgIpc) is 2.94. The monoisotopic (exact) mass is 682 g/mol. The maximum Gasteiger partial charge on any atom is 0.337 e. The van der Waals surface area contributed by atoms with Gasteiger partial charge in [0.15, 0.2) is 0 Å². The SMILES string of the molecule is Cc1cc(C#N)c(Cl)cn1.Cc1cc(C(=O)Cl)c(Cl)cn1.Cc1cc(C(=O)O)c(Cl)cn1.Cc1cc(C(N)=O)c(Cl)cn1. The first kappa shape index (κ1) is 37.2. The first-order valence-corrected chi connectivity index (χ1v) is 13.6. The van der Waals surface area contributed by atoms with Crippen molar-refractivity contribution in [2.75, 3.05) is 0 Å². The molecular weight excluding hydrogens is 662 g/mol. The van der Waals surface area contributed by atoms with Gasteiger partial charge < -0.3 is 10.8 Å². The molecule has 4 aromatic heterocycles. The van der Waals surface area contributed by atoms with Gasteiger partial charge in [-0.3, -0.25) is 29.5 Å². The van der Waals surface area contributed by atoms with Gasteiger partial charge in [0, 0.05) is 47.6 Å². The van der Waals surface area contributed by atoms with Crippen LogP contribution in [-0.4, -0.2) is 42.2 Å². The van der Waals surface area contributed by atoms with Gasteiger partial charge in [-0.2, -0.15) is 5.26 Å². The van der Waals surface area contributed by atoms with Crippen LogP contribution in [0.3, 0.4) is 0 Å². The predicted molar refractivity (Wildman–Crippen MR) is 166 cm³/mol. The molecule has 10 nitrogen and oxygen atoms in total. The smallest absolute Gasteiger partial charge is 0.337 e. The van der Waals surface area contributed by atoms with E-state index in [2.05, 4.69) is 19.9 Å². The highest BCUT2D eigenvalue weighted by atomic mass is 35.5. The normalized spacial score (nSPS) is 9.49. The summed E-state index contributed by atoms with van der Waals surface area (Å²) in [7, 11) is 0. The molecule has 0 spiro atoms. The minimum absolute atomic E-state index is 0.0965. The number of carbonyl (C=O) groups is 3. The number of carbonyl (C=O) groups excluding carboxylic acids is 2. The van der Waals surface area contributed by atoms with E-state index in [1.165, 1.54) is 30.9 Å². The number of nitrogens with zero attached hydrogens (tertiary/aromatic N) is 5. The number of halogens is 5. The number of nitrogens with two attached hydrogens (primary N) is 1. The summed E-state index contributed by atoms with van der Waals surface area (Å²) in [6.07, 6.45) is 5.64. The molecule has 3 N–H and O–H groups in total. The lowest BCUT2D eigenvalue weighted by atomic mass is 10.2. The molecule has 43 heavy (non-hydrogen) atoms. The molecule has 1 amide bonds. The third-order valence-corrected chi connectivity index (χ3v) is 6.20. The van der Waals surface area contributed by atoms with Gasteiger partial charge in [-0.15, -0.1) is 0 Å². The van der Waals surface area contributed by atoms with Crippen molar-refractivity contribution in [2.45, 2.75) is 27.7 Å². The van der Waals surface area contributed by atoms with Crippen molar-refractivity contribution in [3.05, 3.63) is 114 Å². The van der Waals surface area contributed by atoms with Gasteiger partial charge in [0.05, 0.1) is 42.3 Å². The van der Waals surface area contributed by atoms with E-state index in [0.717, 1.165) is 17.1 Å². The van der Waals surface area contributed by atoms with E-state index in [0.29, 0.717) is 32.4 Å². The lowest BCUT2D eigenvalue weighted by Gasteiger charge is -1.98. The molecule has 0 aliphatic heterocycles. The second-order valence-corrected chi connectivity index (χ2v) is 10.2. The molecule has 0 saturated heterocycles. The van der Waals surface area contributed by atoms with Crippen LogP contribution in [0, 0.1) is 39.0 Å². The summed E-state index contributed by atoms with van der Waals surface area (Å²) < 4.78 is 0. The van der Waals surface area contributed by atoms with E-state index in [9.17, 15) is 14.4 Å². The topological polar surface area (TPSA) is 173 Å². The Labute approximate surface area is 272 Å². The van der Waals surface area contributed by atoms with Crippen LogP contribution in [0.15, 0.2) is 49.1 Å². The first-order chi connectivity index (χ1) is 20.1. The fourth-order valence-corrected chi connectivity index (χ4v) is 3.68. The number of pyridine rings is 4. The summed E-state index contributed by atoms with van der Waals surface area (Å²) in [5.41, 5.74) is 9.13. The van der Waals surface area contributed by atoms with Gasteiger partial charge in [0.1, 0.15) is 6.07 Å². The second-order valence-electron chi connectivity index (χ2n) is 8.28. The Morgan fingerprint density at radius 2 is 1.02 bits per heavy atom. The minimum Gasteiger partial charge on any atom is -0.478 e. The van der Waals surface area contributed by atoms with E-state index in [4.69, 9.17) is 74.1 Å². The lowest BCUT2D eigenvalue weighted by Crippen LogP contribution is -2.12. The summed E-state index contributed by atoms with van der Waals surface area (Å²) in [6, 6.07) is 8.17. The van der Waals surface area contributed by atoms with Crippen molar-refractivity contribution in [1.82, 2.24) is 19.9 Å². The van der Waals surface area contributed by atoms with Crippen LogP contribution >= 0.6 is 58.0 Å². The van der Waals surface area contributed by atoms with Crippen molar-refractivity contribution < 1.29 is 19.5 Å². The number of amides is 1. The minimum atomic E-state index is -1.03. The largest absolute Gasteiger partial charge is 0.478 e. The predicted octanol–water partition coefficient (Wildman–Crippen LogP) is 7.22. The second kappa shape index (κ2) is 18.0. The summed E-state index contributed by atoms with van der Waals surface area (Å²) >= 11 is 27.6. The van der Waals surface area contributed by atoms with Crippen molar-refractivity contribution in [3.8, 4) is 6.07 Å². The van der Waals surface area contributed by atoms with Crippen molar-refractivity contribution >= 4 is 75.1 Å². The summed E-state index contributed by atoms with van der Waals surface area (Å²) in [5, 5.41) is 17.7. The Kier molecular flexibility index (Phi) is 15.5. The van der Waals surface area contributed by atoms with E-state index in [1.54, 1.807) is 39.0 Å². The van der Waals surface area contributed by atoms with Crippen molar-refractivity contribution in [3.63, 3.8) is 0 Å². The number of nitriles is 1. The molecule has 224 valence electrons. The van der Waals surface area contributed by atoms with Crippen LogP contribution in [0.25, 0.3) is 0 Å². The van der Waals surface area contributed by atoms with Gasteiger partial charge in [-0.25, -0.2) is 4.79 Å². The molecule has 4 heterocycles. The number of carboxylic acids is 1. The third kappa shape index (κ3) is 12.9. The summed E-state index contributed by atoms with van der Waals surface area (Å²) in [5.74, 6) is -1.55. The molecule has 0 unspecified atom stereocenters. The molecule has 4 aromatic rings. The van der Waals surface area contributed by atoms with E-state index >= 15 is 0 Å². The number of hydrogen-bond acceptors (Lipinski definition) is 8. The molecule has 0 atom stereocenters. The van der Waals surface area contributed by atoms with E-state index < -0.39 is 17.1 Å². The zero-order valence-electron chi connectivity index (χ0n) is 23.0. The van der Waals surface area contributed by atoms with Gasteiger partial charge in [0.25, 0.3) is 5.24 Å². The first-order valence-electron chi connectivity index (χ1n) is 11.7. The maximum absolute atomic E-state index is 10.7. The van der Waals surface area contributed by atoms with Crippen LogP contribution < -0.4 is 5.73 Å². The number of carboxylic acid groups (broad SMARTS) is 1. The van der Waals surface area contributed by atoms with Crippen LogP contribution in [0.1, 0.15) is 59.4 Å². The molecule has 0 radical (unpaired) electrons. The van der Waals surface area contributed by atoms with E-state index in [-0.39, 0.29) is 15.6 Å². The van der Waals surface area contributed by atoms with Gasteiger partial charge in [-0.05, 0) is 63.6 Å². The molecule has 0 bridgehead atoms. The van der Waals surface area contributed by atoms with Gasteiger partial charge >= 0.3 is 5.97 Å². The van der Waals surface area contributed by atoms with Gasteiger partial charge in [0.2, 0.25) is 5.91 Å². The number of aromatic nitrogens is 4. The fourth-order valence-electron chi connectivity index (χ4n) is 2.76. The Morgan fingerprint density at radius 1 is 0.674 bits per heavy atom. The lowest BCUT2D eigenvalue weighted by molar-refractivity contribution is 0.0696. The van der Waals surface area contributed by atoms with Crippen LogP contribution in [-0.2, 0) is 0 Å². The van der Waals surface area contributed by atoms with Crippen LogP contribution in [0.2, 0.25) is 20.1 Å². The summed E-state index contributed by atoms with van der Waals surface area (Å²) in [4.78, 5) is 47.3. The fraction of sp³-hybridized carbons (Fsp3) is 0.143. The summed E-state index contributed by atoms with van der Waals surface area (Å²) in [6.45, 7) is 7.06. The number of hydrogen-bond donors (Lipinski definition) is 2. The van der Waals surface area contributed by atoms with Crippen LogP contribution in [0.4, 0.5) is 0 Å². The highest BCUT2D eigenvalue weighted by Crippen LogP contribution is 2.17. The third-order valence-electron chi connectivity index (χ3n) is 4.80. The Bertz CT molecular complexity index is 1530. The molecule has 0 aliphatic carbocycles. The zero-order chi connectivity index (χ0) is 32.9. The average molecular weight is 685 g/mol.